The number of hydrogen-bond donors (Lipinski definition) is 4. The van der Waals surface area contributed by atoms with Gasteiger partial charge in [0, 0.05) is 6.42 Å². The largest absolute Gasteiger partial charge is 0.508 e. The molecule has 0 aromatic carbocycles. The normalized spacial score (nSPS) is 32.0. The molecular weight excluding hydrogens is 148 g/mol. The van der Waals surface area contributed by atoms with Crippen LogP contribution >= 0.6 is 0 Å². The fourth-order valence-corrected chi connectivity index (χ4v) is 0.984. The van der Waals surface area contributed by atoms with Gasteiger partial charge in [0.25, 0.3) is 0 Å². The van der Waals surface area contributed by atoms with Crippen molar-refractivity contribution in [3.05, 3.63) is 23.4 Å². The highest BCUT2D eigenvalue weighted by Gasteiger charge is 2.28. The summed E-state index contributed by atoms with van der Waals surface area (Å²) < 4.78 is 0. The summed E-state index contributed by atoms with van der Waals surface area (Å²) in [7, 11) is 0. The first-order valence-electron chi connectivity index (χ1n) is 3.18. The van der Waals surface area contributed by atoms with Gasteiger partial charge in [-0.25, -0.2) is 0 Å². The van der Waals surface area contributed by atoms with E-state index in [9.17, 15) is 5.11 Å². The molecule has 0 aromatic rings. The standard InChI is InChI=1S/C7H10O4/c1-7(11)2-4(8)6(10)5(9)3-7/h2,8-11H,3H2,1H3. The first-order valence-corrected chi connectivity index (χ1v) is 3.18. The van der Waals surface area contributed by atoms with Gasteiger partial charge in [0.1, 0.15) is 5.76 Å². The predicted molar refractivity (Wildman–Crippen MR) is 38.2 cm³/mol. The van der Waals surface area contributed by atoms with Gasteiger partial charge in [-0.1, -0.05) is 0 Å². The maximum absolute atomic E-state index is 9.29. The molecule has 11 heavy (non-hydrogen) atoms. The molecular formula is C7H10O4. The summed E-state index contributed by atoms with van der Waals surface area (Å²) in [5, 5.41) is 36.0. The van der Waals surface area contributed by atoms with E-state index in [2.05, 4.69) is 0 Å². The molecule has 4 N–H and O–H groups in total. The van der Waals surface area contributed by atoms with Crippen LogP contribution in [0.1, 0.15) is 13.3 Å². The third kappa shape index (κ3) is 1.46. The van der Waals surface area contributed by atoms with Gasteiger partial charge in [-0.3, -0.25) is 0 Å². The van der Waals surface area contributed by atoms with Crippen LogP contribution < -0.4 is 0 Å². The van der Waals surface area contributed by atoms with E-state index in [0.29, 0.717) is 0 Å². The highest BCUT2D eigenvalue weighted by Crippen LogP contribution is 2.27. The molecule has 1 atom stereocenters. The average Bonchev–Trinajstić information content (AvgIpc) is 1.81. The van der Waals surface area contributed by atoms with Crippen molar-refractivity contribution in [1.82, 2.24) is 0 Å². The molecule has 4 nitrogen and oxygen atoms in total. The smallest absolute Gasteiger partial charge is 0.195 e. The lowest BCUT2D eigenvalue weighted by molar-refractivity contribution is 0.0826. The van der Waals surface area contributed by atoms with Crippen molar-refractivity contribution in [2.45, 2.75) is 18.9 Å². The Bertz CT molecular complexity index is 237. The van der Waals surface area contributed by atoms with E-state index in [1.807, 2.05) is 0 Å². The van der Waals surface area contributed by atoms with Crippen LogP contribution in [0.4, 0.5) is 0 Å². The summed E-state index contributed by atoms with van der Waals surface area (Å²) in [6.45, 7) is 1.42. The van der Waals surface area contributed by atoms with E-state index < -0.39 is 22.9 Å². The minimum atomic E-state index is -1.28. The Kier molecular flexibility index (Phi) is 1.56. The maximum Gasteiger partial charge on any atom is 0.195 e. The Morgan fingerprint density at radius 2 is 1.91 bits per heavy atom. The van der Waals surface area contributed by atoms with Crippen LogP contribution in [0, 0.1) is 0 Å². The fourth-order valence-electron chi connectivity index (χ4n) is 0.984. The molecule has 1 aliphatic carbocycles. The Hall–Kier alpha value is -1.16. The van der Waals surface area contributed by atoms with E-state index in [1.54, 1.807) is 0 Å². The second-order valence-electron chi connectivity index (χ2n) is 2.86. The zero-order valence-electron chi connectivity index (χ0n) is 6.07. The van der Waals surface area contributed by atoms with Gasteiger partial charge < -0.3 is 20.4 Å². The first kappa shape index (κ1) is 7.94. The highest BCUT2D eigenvalue weighted by atomic mass is 16.3. The number of rotatable bonds is 0. The molecule has 1 aliphatic rings. The minimum Gasteiger partial charge on any atom is -0.508 e. The molecule has 0 amide bonds. The fraction of sp³-hybridized carbons (Fsp3) is 0.429. The van der Waals surface area contributed by atoms with Crippen molar-refractivity contribution in [1.29, 1.82) is 0 Å². The molecule has 0 radical (unpaired) electrons. The van der Waals surface area contributed by atoms with Gasteiger partial charge >= 0.3 is 0 Å². The molecule has 0 saturated carbocycles. The van der Waals surface area contributed by atoms with Crippen LogP contribution in [0.5, 0.6) is 0 Å². The Balaban J connectivity index is 3.01. The van der Waals surface area contributed by atoms with Crippen LogP contribution in [0.3, 0.4) is 0 Å². The SMILES string of the molecule is CC1(O)C=C(O)C(O)=C(O)C1. The van der Waals surface area contributed by atoms with Crippen molar-refractivity contribution in [2.75, 3.05) is 0 Å². The zero-order chi connectivity index (χ0) is 8.65. The van der Waals surface area contributed by atoms with Crippen molar-refractivity contribution >= 4 is 0 Å². The molecule has 0 aromatic heterocycles. The molecule has 0 heterocycles. The van der Waals surface area contributed by atoms with Crippen LogP contribution in [-0.4, -0.2) is 26.0 Å². The molecule has 1 unspecified atom stereocenters. The Labute approximate surface area is 63.7 Å². The van der Waals surface area contributed by atoms with Crippen LogP contribution in [0.25, 0.3) is 0 Å². The van der Waals surface area contributed by atoms with E-state index in [1.165, 1.54) is 6.92 Å². The maximum atomic E-state index is 9.29. The van der Waals surface area contributed by atoms with E-state index in [-0.39, 0.29) is 6.42 Å². The number of hydrogen-bond acceptors (Lipinski definition) is 4. The lowest BCUT2D eigenvalue weighted by atomic mass is 9.95. The minimum absolute atomic E-state index is 0.0805. The predicted octanol–water partition coefficient (Wildman–Crippen LogP) is 0.911. The third-order valence-electron chi connectivity index (χ3n) is 1.49. The summed E-state index contributed by atoms with van der Waals surface area (Å²) in [6, 6.07) is 0. The van der Waals surface area contributed by atoms with Gasteiger partial charge in [0.2, 0.25) is 0 Å². The Morgan fingerprint density at radius 3 is 2.36 bits per heavy atom. The number of aliphatic hydroxyl groups is 4. The summed E-state index contributed by atoms with van der Waals surface area (Å²) in [5.74, 6) is -1.44. The molecule has 0 saturated heterocycles. The zero-order valence-corrected chi connectivity index (χ0v) is 6.07. The van der Waals surface area contributed by atoms with Gasteiger partial charge in [0.05, 0.1) is 5.60 Å². The van der Waals surface area contributed by atoms with Crippen molar-refractivity contribution in [2.24, 2.45) is 0 Å². The monoisotopic (exact) mass is 158 g/mol. The van der Waals surface area contributed by atoms with Crippen LogP contribution in [-0.2, 0) is 0 Å². The quantitative estimate of drug-likeness (QED) is 0.422. The summed E-state index contributed by atoms with van der Waals surface area (Å²) >= 11 is 0. The van der Waals surface area contributed by atoms with Crippen molar-refractivity contribution in [3.8, 4) is 0 Å². The molecule has 0 spiro atoms. The second kappa shape index (κ2) is 2.17. The van der Waals surface area contributed by atoms with Gasteiger partial charge in [-0.15, -0.1) is 0 Å². The van der Waals surface area contributed by atoms with Crippen molar-refractivity contribution in [3.63, 3.8) is 0 Å². The summed E-state index contributed by atoms with van der Waals surface area (Å²) in [4.78, 5) is 0. The first-order chi connectivity index (χ1) is 4.92. The number of aliphatic hydroxyl groups excluding tert-OH is 3. The van der Waals surface area contributed by atoms with Gasteiger partial charge in [0.15, 0.2) is 11.5 Å². The van der Waals surface area contributed by atoms with Crippen LogP contribution in [0.15, 0.2) is 23.4 Å². The second-order valence-corrected chi connectivity index (χ2v) is 2.86. The Morgan fingerprint density at radius 1 is 1.36 bits per heavy atom. The lowest BCUT2D eigenvalue weighted by Gasteiger charge is -2.23. The van der Waals surface area contributed by atoms with E-state index in [0.717, 1.165) is 6.08 Å². The lowest BCUT2D eigenvalue weighted by Crippen LogP contribution is -2.26. The highest BCUT2D eigenvalue weighted by molar-refractivity contribution is 5.29. The molecule has 0 aliphatic heterocycles. The van der Waals surface area contributed by atoms with Gasteiger partial charge in [-0.05, 0) is 13.0 Å². The molecule has 1 rings (SSSR count). The van der Waals surface area contributed by atoms with Gasteiger partial charge in [-0.2, -0.15) is 0 Å². The topological polar surface area (TPSA) is 80.9 Å². The molecule has 4 heteroatoms. The summed E-state index contributed by atoms with van der Waals surface area (Å²) in [5.41, 5.74) is -1.28. The van der Waals surface area contributed by atoms with Crippen molar-refractivity contribution < 1.29 is 20.4 Å². The summed E-state index contributed by atoms with van der Waals surface area (Å²) in [6.07, 6.45) is 1.00. The average molecular weight is 158 g/mol. The van der Waals surface area contributed by atoms with Crippen LogP contribution in [0.2, 0.25) is 0 Å². The third-order valence-corrected chi connectivity index (χ3v) is 1.49. The van der Waals surface area contributed by atoms with E-state index in [4.69, 9.17) is 15.3 Å². The molecule has 0 fully saturated rings. The van der Waals surface area contributed by atoms with E-state index >= 15 is 0 Å². The molecule has 62 valence electrons. The molecule has 0 bridgehead atoms.